The Hall–Kier alpha value is -3.54. The number of pyridine rings is 1. The van der Waals surface area contributed by atoms with E-state index >= 15 is 0 Å². The molecule has 1 saturated carbocycles. The van der Waals surface area contributed by atoms with Gasteiger partial charge in [0.15, 0.2) is 0 Å². The van der Waals surface area contributed by atoms with Crippen LogP contribution in [-0.2, 0) is 27.4 Å². The van der Waals surface area contributed by atoms with Crippen LogP contribution in [0, 0.1) is 12.8 Å². The van der Waals surface area contributed by atoms with Crippen LogP contribution in [0.2, 0.25) is 0 Å². The molecular formula is C33H39FN2O3. The number of nitrogens with zero attached hydrogens (tertiary/aromatic N) is 1. The highest BCUT2D eigenvalue weighted by Crippen LogP contribution is 2.39. The number of halogens is 1. The van der Waals surface area contributed by atoms with Gasteiger partial charge < -0.3 is 10.1 Å². The van der Waals surface area contributed by atoms with Gasteiger partial charge in [0.25, 0.3) is 0 Å². The third kappa shape index (κ3) is 7.53. The first-order valence-corrected chi connectivity index (χ1v) is 13.9. The molecule has 1 N–H and O–H groups in total. The second kappa shape index (κ2) is 12.5. The van der Waals surface area contributed by atoms with Gasteiger partial charge in [0.2, 0.25) is 5.91 Å². The minimum Gasteiger partial charge on any atom is -0.460 e. The molecule has 3 aromatic rings. The molecule has 5 nitrogen and oxygen atoms in total. The normalized spacial score (nSPS) is 14.7. The molecule has 0 saturated heterocycles. The average Bonchev–Trinajstić information content (AvgIpc) is 3.43. The zero-order chi connectivity index (χ0) is 28.0. The summed E-state index contributed by atoms with van der Waals surface area (Å²) < 4.78 is 18.6. The lowest BCUT2D eigenvalue weighted by Gasteiger charge is -2.24. The summed E-state index contributed by atoms with van der Waals surface area (Å²) in [5.41, 5.74) is 5.58. The molecule has 206 valence electrons. The molecule has 0 radical (unpaired) electrons. The van der Waals surface area contributed by atoms with Gasteiger partial charge in [0.1, 0.15) is 12.3 Å². The maximum Gasteiger partial charge on any atom is 0.306 e. The van der Waals surface area contributed by atoms with Crippen LogP contribution in [0.1, 0.15) is 81.0 Å². The molecule has 1 heterocycles. The third-order valence-electron chi connectivity index (χ3n) is 7.43. The Morgan fingerprint density at radius 3 is 2.44 bits per heavy atom. The van der Waals surface area contributed by atoms with E-state index in [-0.39, 0.29) is 30.1 Å². The second-order valence-electron chi connectivity index (χ2n) is 11.5. The lowest BCUT2D eigenvalue weighted by atomic mass is 9.83. The van der Waals surface area contributed by atoms with Crippen molar-refractivity contribution in [1.82, 2.24) is 4.98 Å². The summed E-state index contributed by atoms with van der Waals surface area (Å²) in [6.45, 7) is 7.02. The summed E-state index contributed by atoms with van der Waals surface area (Å²) in [6, 6.07) is 15.7. The first-order chi connectivity index (χ1) is 18.6. The van der Waals surface area contributed by atoms with Crippen molar-refractivity contribution >= 4 is 17.6 Å². The van der Waals surface area contributed by atoms with Crippen molar-refractivity contribution in [3.63, 3.8) is 0 Å². The van der Waals surface area contributed by atoms with Crippen molar-refractivity contribution < 1.29 is 18.7 Å². The van der Waals surface area contributed by atoms with E-state index in [4.69, 9.17) is 4.74 Å². The number of aromatic nitrogens is 1. The van der Waals surface area contributed by atoms with Crippen molar-refractivity contribution in [2.45, 2.75) is 84.4 Å². The van der Waals surface area contributed by atoms with E-state index in [0.29, 0.717) is 12.0 Å². The predicted molar refractivity (Wildman–Crippen MR) is 153 cm³/mol. The van der Waals surface area contributed by atoms with Crippen molar-refractivity contribution in [1.29, 1.82) is 0 Å². The first-order valence-electron chi connectivity index (χ1n) is 13.9. The molecule has 1 atom stereocenters. The number of aryl methyl sites for hydroxylation is 1. The van der Waals surface area contributed by atoms with Gasteiger partial charge in [-0.2, -0.15) is 0 Å². The zero-order valence-electron chi connectivity index (χ0n) is 23.4. The fourth-order valence-electron chi connectivity index (χ4n) is 5.46. The molecule has 0 unspecified atom stereocenters. The number of rotatable bonds is 9. The number of benzene rings is 2. The highest BCUT2D eigenvalue weighted by atomic mass is 19.1. The van der Waals surface area contributed by atoms with Crippen LogP contribution in [0.25, 0.3) is 11.1 Å². The standard InChI is InChI=1S/C33H39FN2O3/c1-22-24(16-17-30(37)39-33(2,3)4)10-7-11-29(22)36-32(38)31(26-8-5-6-9-26)27-14-12-25(13-15-27)28-18-23(19-34)20-35-21-28/h7,10-15,18,20-21,26,31H,5-6,8-9,16-17,19H2,1-4H3,(H,36,38)/t31-/m1/s1. The van der Waals surface area contributed by atoms with E-state index in [9.17, 15) is 14.0 Å². The highest BCUT2D eigenvalue weighted by molar-refractivity contribution is 5.97. The van der Waals surface area contributed by atoms with Gasteiger partial charge in [-0.05, 0) is 87.3 Å². The van der Waals surface area contributed by atoms with E-state index < -0.39 is 12.3 Å². The van der Waals surface area contributed by atoms with Gasteiger partial charge >= 0.3 is 5.97 Å². The Bertz CT molecular complexity index is 1290. The molecule has 6 heteroatoms. The number of esters is 1. The van der Waals surface area contributed by atoms with Gasteiger partial charge in [-0.25, -0.2) is 4.39 Å². The van der Waals surface area contributed by atoms with Crippen LogP contribution < -0.4 is 5.32 Å². The van der Waals surface area contributed by atoms with Crippen molar-refractivity contribution in [2.75, 3.05) is 5.32 Å². The van der Waals surface area contributed by atoms with Crippen LogP contribution in [0.3, 0.4) is 0 Å². The monoisotopic (exact) mass is 530 g/mol. The summed E-state index contributed by atoms with van der Waals surface area (Å²) in [5.74, 6) is -0.221. The average molecular weight is 531 g/mol. The van der Waals surface area contributed by atoms with Gasteiger partial charge in [-0.15, -0.1) is 0 Å². The fraction of sp³-hybridized carbons (Fsp3) is 0.424. The number of amides is 1. The molecule has 1 fully saturated rings. The predicted octanol–water partition coefficient (Wildman–Crippen LogP) is 7.71. The maximum atomic E-state index is 13.8. The summed E-state index contributed by atoms with van der Waals surface area (Å²) in [7, 11) is 0. The van der Waals surface area contributed by atoms with Crippen molar-refractivity contribution in [3.8, 4) is 11.1 Å². The number of ether oxygens (including phenoxy) is 1. The van der Waals surface area contributed by atoms with Crippen LogP contribution in [-0.4, -0.2) is 22.5 Å². The SMILES string of the molecule is Cc1c(CCC(=O)OC(C)(C)C)cccc1NC(=O)[C@@H](c1ccc(-c2cncc(CF)c2)cc1)C1CCCC1. The molecule has 1 aliphatic carbocycles. The maximum absolute atomic E-state index is 13.8. The molecule has 0 aliphatic heterocycles. The molecule has 0 bridgehead atoms. The number of anilines is 1. The number of carbonyl (C=O) groups excluding carboxylic acids is 2. The van der Waals surface area contributed by atoms with Crippen LogP contribution in [0.5, 0.6) is 0 Å². The third-order valence-corrected chi connectivity index (χ3v) is 7.43. The Labute approximate surface area is 231 Å². The molecule has 39 heavy (non-hydrogen) atoms. The van der Waals surface area contributed by atoms with Crippen molar-refractivity contribution in [2.24, 2.45) is 5.92 Å². The lowest BCUT2D eigenvalue weighted by molar-refractivity contribution is -0.154. The molecule has 1 aliphatic rings. The summed E-state index contributed by atoms with van der Waals surface area (Å²) in [6.07, 6.45) is 8.42. The number of alkyl halides is 1. The van der Waals surface area contributed by atoms with E-state index in [2.05, 4.69) is 10.3 Å². The summed E-state index contributed by atoms with van der Waals surface area (Å²) in [5, 5.41) is 3.21. The van der Waals surface area contributed by atoms with E-state index in [0.717, 1.165) is 59.2 Å². The topological polar surface area (TPSA) is 68.3 Å². The van der Waals surface area contributed by atoms with Crippen molar-refractivity contribution in [3.05, 3.63) is 83.2 Å². The fourth-order valence-corrected chi connectivity index (χ4v) is 5.46. The number of hydrogen-bond donors (Lipinski definition) is 1. The quantitative estimate of drug-likeness (QED) is 0.288. The van der Waals surface area contributed by atoms with E-state index in [1.54, 1.807) is 6.20 Å². The molecule has 4 rings (SSSR count). The molecule has 1 amide bonds. The van der Waals surface area contributed by atoms with Crippen LogP contribution in [0.4, 0.5) is 10.1 Å². The summed E-state index contributed by atoms with van der Waals surface area (Å²) in [4.78, 5) is 30.2. The Balaban J connectivity index is 1.52. The summed E-state index contributed by atoms with van der Waals surface area (Å²) >= 11 is 0. The molecule has 1 aromatic heterocycles. The second-order valence-corrected chi connectivity index (χ2v) is 11.5. The van der Waals surface area contributed by atoms with E-state index in [1.807, 2.05) is 76.2 Å². The Morgan fingerprint density at radius 1 is 1.05 bits per heavy atom. The highest BCUT2D eigenvalue weighted by Gasteiger charge is 2.32. The largest absolute Gasteiger partial charge is 0.460 e. The van der Waals surface area contributed by atoms with Gasteiger partial charge in [-0.1, -0.05) is 49.2 Å². The number of nitrogens with one attached hydrogen (secondary N) is 1. The van der Waals surface area contributed by atoms with Gasteiger partial charge in [0, 0.05) is 35.6 Å². The van der Waals surface area contributed by atoms with Gasteiger partial charge in [0.05, 0.1) is 5.92 Å². The first kappa shape index (κ1) is 28.5. The number of carbonyl (C=O) groups is 2. The van der Waals surface area contributed by atoms with Crippen LogP contribution in [0.15, 0.2) is 60.9 Å². The zero-order valence-corrected chi connectivity index (χ0v) is 23.4. The lowest BCUT2D eigenvalue weighted by Crippen LogP contribution is -2.27. The number of hydrogen-bond acceptors (Lipinski definition) is 4. The van der Waals surface area contributed by atoms with Crippen LogP contribution >= 0.6 is 0 Å². The molecule has 2 aromatic carbocycles. The smallest absolute Gasteiger partial charge is 0.306 e. The van der Waals surface area contributed by atoms with E-state index in [1.165, 1.54) is 6.20 Å². The molecule has 0 spiro atoms. The van der Waals surface area contributed by atoms with Gasteiger partial charge in [-0.3, -0.25) is 14.6 Å². The Kier molecular flexibility index (Phi) is 9.16. The molecular weight excluding hydrogens is 491 g/mol. The minimum atomic E-state index is -0.551. The minimum absolute atomic E-state index is 0.0110. The Morgan fingerprint density at radius 2 is 1.77 bits per heavy atom.